The summed E-state index contributed by atoms with van der Waals surface area (Å²) in [5.74, 6) is -0.317. The molecule has 0 aliphatic carbocycles. The van der Waals surface area contributed by atoms with Crippen molar-refractivity contribution >= 4 is 11.7 Å². The Morgan fingerprint density at radius 1 is 1.53 bits per heavy atom. The topological polar surface area (TPSA) is 71.9 Å². The molecular weight excluding hydrogens is 248 g/mol. The lowest BCUT2D eigenvalue weighted by molar-refractivity contribution is -0.144. The summed E-state index contributed by atoms with van der Waals surface area (Å²) in [6.45, 7) is 1.47. The number of hydrogen-bond donors (Lipinski definition) is 1. The highest BCUT2D eigenvalue weighted by Gasteiger charge is 2.20. The monoisotopic (exact) mass is 266 g/mol. The molecule has 0 bridgehead atoms. The zero-order chi connectivity index (χ0) is 13.7. The van der Waals surface area contributed by atoms with Crippen LogP contribution in [-0.4, -0.2) is 49.0 Å². The predicted molar refractivity (Wildman–Crippen MR) is 69.6 cm³/mol. The molecule has 1 N–H and O–H groups in total. The summed E-state index contributed by atoms with van der Waals surface area (Å²) >= 11 is 0. The quantitative estimate of drug-likeness (QED) is 0.862. The van der Waals surface area contributed by atoms with Gasteiger partial charge in [0.25, 0.3) is 0 Å². The Morgan fingerprint density at radius 3 is 2.89 bits per heavy atom. The number of aromatic nitrogens is 1. The van der Waals surface area contributed by atoms with Crippen LogP contribution in [0.5, 0.6) is 5.88 Å². The zero-order valence-electron chi connectivity index (χ0n) is 10.9. The van der Waals surface area contributed by atoms with Gasteiger partial charge < -0.3 is 19.5 Å². The molecule has 0 aromatic carbocycles. The average molecular weight is 266 g/mol. The lowest BCUT2D eigenvalue weighted by atomic mass is 10.1. The third-order valence-corrected chi connectivity index (χ3v) is 3.18. The van der Waals surface area contributed by atoms with Crippen LogP contribution in [0, 0.1) is 0 Å². The number of rotatable bonds is 5. The van der Waals surface area contributed by atoms with Crippen molar-refractivity contribution in [2.24, 2.45) is 0 Å². The highest BCUT2D eigenvalue weighted by atomic mass is 16.5. The van der Waals surface area contributed by atoms with Crippen LogP contribution < -0.4 is 9.64 Å². The van der Waals surface area contributed by atoms with E-state index in [-0.39, 0.29) is 12.7 Å². The minimum absolute atomic E-state index is 0.0380. The van der Waals surface area contributed by atoms with Crippen molar-refractivity contribution in [2.75, 3.05) is 31.7 Å². The third kappa shape index (κ3) is 3.82. The number of pyridine rings is 1. The molecule has 1 aliphatic heterocycles. The average Bonchev–Trinajstić information content (AvgIpc) is 2.45. The first-order valence-electron chi connectivity index (χ1n) is 6.27. The zero-order valence-corrected chi connectivity index (χ0v) is 10.9. The van der Waals surface area contributed by atoms with Gasteiger partial charge in [-0.25, -0.2) is 9.78 Å². The van der Waals surface area contributed by atoms with E-state index < -0.39 is 5.97 Å². The summed E-state index contributed by atoms with van der Waals surface area (Å²) < 4.78 is 10.4. The van der Waals surface area contributed by atoms with Gasteiger partial charge in [0.1, 0.15) is 6.61 Å². The van der Waals surface area contributed by atoms with Crippen LogP contribution in [0.2, 0.25) is 0 Å². The van der Waals surface area contributed by atoms with Crippen LogP contribution in [0.1, 0.15) is 12.8 Å². The molecule has 6 heteroatoms. The number of hydrogen-bond acceptors (Lipinski definition) is 5. The second kappa shape index (κ2) is 6.38. The number of methoxy groups -OCH3 is 1. The molecule has 1 saturated heterocycles. The molecule has 1 fully saturated rings. The van der Waals surface area contributed by atoms with E-state index in [2.05, 4.69) is 9.88 Å². The van der Waals surface area contributed by atoms with Crippen LogP contribution in [0.4, 0.5) is 5.69 Å². The van der Waals surface area contributed by atoms with Gasteiger partial charge >= 0.3 is 5.97 Å². The highest BCUT2D eigenvalue weighted by molar-refractivity contribution is 5.68. The van der Waals surface area contributed by atoms with Crippen molar-refractivity contribution in [3.05, 3.63) is 18.3 Å². The largest absolute Gasteiger partial charge is 0.481 e. The molecule has 2 rings (SSSR count). The summed E-state index contributed by atoms with van der Waals surface area (Å²) in [5, 5.41) is 8.58. The fraction of sp³-hybridized carbons (Fsp3) is 0.538. The lowest BCUT2D eigenvalue weighted by Gasteiger charge is -2.33. The molecule has 1 aromatic heterocycles. The molecule has 0 spiro atoms. The number of anilines is 1. The maximum Gasteiger partial charge on any atom is 0.329 e. The van der Waals surface area contributed by atoms with Gasteiger partial charge in [0.2, 0.25) is 5.88 Å². The second-order valence-corrected chi connectivity index (χ2v) is 4.45. The summed E-state index contributed by atoms with van der Waals surface area (Å²) in [6.07, 6.45) is 3.42. The third-order valence-electron chi connectivity index (χ3n) is 3.18. The number of aliphatic carboxylic acids is 1. The number of ether oxygens (including phenoxy) is 2. The van der Waals surface area contributed by atoms with Gasteiger partial charge in [-0.15, -0.1) is 0 Å². The van der Waals surface area contributed by atoms with E-state index in [1.54, 1.807) is 13.3 Å². The number of piperidine rings is 1. The molecule has 0 atom stereocenters. The van der Waals surface area contributed by atoms with Crippen LogP contribution in [0.3, 0.4) is 0 Å². The first-order valence-corrected chi connectivity index (χ1v) is 6.27. The SMILES string of the molecule is COc1cc(N2CCC(OCC(=O)O)CC2)ccn1. The van der Waals surface area contributed by atoms with E-state index >= 15 is 0 Å². The summed E-state index contributed by atoms with van der Waals surface area (Å²) in [4.78, 5) is 16.7. The van der Waals surface area contributed by atoms with E-state index in [9.17, 15) is 4.79 Å². The van der Waals surface area contributed by atoms with E-state index in [1.807, 2.05) is 12.1 Å². The Labute approximate surface area is 112 Å². The van der Waals surface area contributed by atoms with Gasteiger partial charge in [-0.1, -0.05) is 0 Å². The molecule has 2 heterocycles. The fourth-order valence-corrected chi connectivity index (χ4v) is 2.18. The Morgan fingerprint density at radius 2 is 2.26 bits per heavy atom. The maximum absolute atomic E-state index is 10.4. The Bertz CT molecular complexity index is 430. The Kier molecular flexibility index (Phi) is 4.57. The molecule has 1 aromatic rings. The molecular formula is C13H18N2O4. The van der Waals surface area contributed by atoms with Gasteiger partial charge in [0, 0.05) is 31.0 Å². The molecule has 0 amide bonds. The molecule has 0 radical (unpaired) electrons. The van der Waals surface area contributed by atoms with E-state index in [1.165, 1.54) is 0 Å². The van der Waals surface area contributed by atoms with Crippen molar-refractivity contribution in [3.63, 3.8) is 0 Å². The van der Waals surface area contributed by atoms with Crippen molar-refractivity contribution < 1.29 is 19.4 Å². The minimum atomic E-state index is -0.915. The van der Waals surface area contributed by atoms with Crippen molar-refractivity contribution in [2.45, 2.75) is 18.9 Å². The van der Waals surface area contributed by atoms with Gasteiger partial charge in [-0.2, -0.15) is 0 Å². The molecule has 0 saturated carbocycles. The van der Waals surface area contributed by atoms with E-state index in [4.69, 9.17) is 14.6 Å². The van der Waals surface area contributed by atoms with Gasteiger partial charge in [-0.3, -0.25) is 0 Å². The first-order chi connectivity index (χ1) is 9.19. The molecule has 6 nitrogen and oxygen atoms in total. The van der Waals surface area contributed by atoms with Crippen molar-refractivity contribution in [1.82, 2.24) is 4.98 Å². The highest BCUT2D eigenvalue weighted by Crippen LogP contribution is 2.23. The standard InChI is InChI=1S/C13H18N2O4/c1-18-12-8-10(2-5-14-12)15-6-3-11(4-7-15)19-9-13(16)17/h2,5,8,11H,3-4,6-7,9H2,1H3,(H,16,17). The van der Waals surface area contributed by atoms with Crippen LogP contribution in [-0.2, 0) is 9.53 Å². The number of carboxylic acids is 1. The molecule has 0 unspecified atom stereocenters. The van der Waals surface area contributed by atoms with Crippen LogP contribution in [0.15, 0.2) is 18.3 Å². The number of carbonyl (C=O) groups is 1. The smallest absolute Gasteiger partial charge is 0.329 e. The van der Waals surface area contributed by atoms with Crippen molar-refractivity contribution in [3.8, 4) is 5.88 Å². The predicted octanol–water partition coefficient (Wildman–Crippen LogP) is 1.16. The van der Waals surface area contributed by atoms with Gasteiger partial charge in [0.05, 0.1) is 13.2 Å². The van der Waals surface area contributed by atoms with Gasteiger partial charge in [-0.05, 0) is 18.9 Å². The van der Waals surface area contributed by atoms with Gasteiger partial charge in [0.15, 0.2) is 0 Å². The number of nitrogens with zero attached hydrogens (tertiary/aromatic N) is 2. The maximum atomic E-state index is 10.4. The summed E-state index contributed by atoms with van der Waals surface area (Å²) in [5.41, 5.74) is 1.07. The molecule has 1 aliphatic rings. The summed E-state index contributed by atoms with van der Waals surface area (Å²) in [7, 11) is 1.60. The van der Waals surface area contributed by atoms with Crippen molar-refractivity contribution in [1.29, 1.82) is 0 Å². The fourth-order valence-electron chi connectivity index (χ4n) is 2.18. The first kappa shape index (κ1) is 13.6. The molecule has 19 heavy (non-hydrogen) atoms. The normalized spacial score (nSPS) is 16.4. The number of carboxylic acid groups (broad SMARTS) is 1. The van der Waals surface area contributed by atoms with Crippen LogP contribution in [0.25, 0.3) is 0 Å². The molecule has 104 valence electrons. The Hall–Kier alpha value is -1.82. The minimum Gasteiger partial charge on any atom is -0.481 e. The van der Waals surface area contributed by atoms with Crippen LogP contribution >= 0.6 is 0 Å². The van der Waals surface area contributed by atoms with E-state index in [0.29, 0.717) is 5.88 Å². The lowest BCUT2D eigenvalue weighted by Crippen LogP contribution is -2.37. The second-order valence-electron chi connectivity index (χ2n) is 4.45. The Balaban J connectivity index is 1.87. The van der Waals surface area contributed by atoms with E-state index in [0.717, 1.165) is 31.6 Å². The summed E-state index contributed by atoms with van der Waals surface area (Å²) in [6, 6.07) is 3.85.